The van der Waals surface area contributed by atoms with E-state index < -0.39 is 0 Å². The van der Waals surface area contributed by atoms with Crippen LogP contribution in [0.15, 0.2) is 0 Å². The molecule has 0 spiro atoms. The molecule has 5 heteroatoms. The van der Waals surface area contributed by atoms with Gasteiger partial charge >= 0.3 is 0 Å². The summed E-state index contributed by atoms with van der Waals surface area (Å²) in [6, 6.07) is 0. The topological polar surface area (TPSA) is 66.6 Å². The molecule has 0 radical (unpaired) electrons. The van der Waals surface area contributed by atoms with Crippen molar-refractivity contribution in [2.24, 2.45) is 17.1 Å². The summed E-state index contributed by atoms with van der Waals surface area (Å²) in [5.74, 6) is 0.533. The zero-order chi connectivity index (χ0) is 13.3. The second-order valence-corrected chi connectivity index (χ2v) is 6.03. The summed E-state index contributed by atoms with van der Waals surface area (Å²) in [5, 5.41) is 0. The van der Waals surface area contributed by atoms with Crippen LogP contribution >= 0.6 is 0 Å². The molecule has 0 aromatic rings. The fraction of sp³-hybridized carbons (Fsp3) is 0.846. The van der Waals surface area contributed by atoms with Crippen molar-refractivity contribution in [3.8, 4) is 0 Å². The summed E-state index contributed by atoms with van der Waals surface area (Å²) in [6.07, 6.45) is 2.36. The molecule has 0 aromatic carbocycles. The van der Waals surface area contributed by atoms with Gasteiger partial charge in [-0.2, -0.15) is 0 Å². The van der Waals surface area contributed by atoms with E-state index in [4.69, 9.17) is 5.73 Å². The van der Waals surface area contributed by atoms with Crippen LogP contribution in [0.3, 0.4) is 0 Å². The van der Waals surface area contributed by atoms with Crippen molar-refractivity contribution in [2.75, 3.05) is 32.7 Å². The van der Waals surface area contributed by atoms with Crippen LogP contribution in [0.5, 0.6) is 0 Å². The van der Waals surface area contributed by atoms with Gasteiger partial charge in [-0.3, -0.25) is 14.5 Å². The average molecular weight is 253 g/mol. The van der Waals surface area contributed by atoms with Gasteiger partial charge in [0.1, 0.15) is 0 Å². The first-order chi connectivity index (χ1) is 8.41. The second kappa shape index (κ2) is 4.88. The summed E-state index contributed by atoms with van der Waals surface area (Å²) < 4.78 is 0. The number of carbonyl (C=O) groups excluding carboxylic acids is 2. The Morgan fingerprint density at radius 1 is 1.17 bits per heavy atom. The summed E-state index contributed by atoms with van der Waals surface area (Å²) in [7, 11) is 0. The number of carbonyl (C=O) groups is 2. The van der Waals surface area contributed by atoms with Crippen molar-refractivity contribution in [3.63, 3.8) is 0 Å². The maximum atomic E-state index is 12.4. The largest absolute Gasteiger partial charge is 0.369 e. The molecular formula is C13H23N3O2. The van der Waals surface area contributed by atoms with Crippen molar-refractivity contribution in [1.82, 2.24) is 9.80 Å². The van der Waals surface area contributed by atoms with Gasteiger partial charge in [0.25, 0.3) is 0 Å². The van der Waals surface area contributed by atoms with Gasteiger partial charge in [0.05, 0.1) is 6.54 Å². The Balaban J connectivity index is 1.85. The molecule has 0 atom stereocenters. The van der Waals surface area contributed by atoms with E-state index in [2.05, 4.69) is 13.8 Å². The van der Waals surface area contributed by atoms with Gasteiger partial charge in [-0.25, -0.2) is 0 Å². The molecule has 102 valence electrons. The fourth-order valence-corrected chi connectivity index (χ4v) is 2.72. The Bertz CT molecular complexity index is 342. The van der Waals surface area contributed by atoms with Crippen molar-refractivity contribution in [3.05, 3.63) is 0 Å². The number of rotatable bonds is 4. The highest BCUT2D eigenvalue weighted by atomic mass is 16.2. The van der Waals surface area contributed by atoms with Gasteiger partial charge in [-0.1, -0.05) is 13.8 Å². The van der Waals surface area contributed by atoms with Gasteiger partial charge in [0, 0.05) is 31.6 Å². The van der Waals surface area contributed by atoms with E-state index in [1.807, 2.05) is 9.80 Å². The standard InChI is InChI=1S/C13H23N3O2/c1-13(2,10-3-4-10)12(18)16-7-5-15(6-8-16)9-11(14)17/h10H,3-9H2,1-2H3,(H2,14,17). The Kier molecular flexibility index (Phi) is 3.61. The maximum absolute atomic E-state index is 12.4. The second-order valence-electron chi connectivity index (χ2n) is 6.03. The fourth-order valence-electron chi connectivity index (χ4n) is 2.72. The van der Waals surface area contributed by atoms with Crippen LogP contribution in [-0.2, 0) is 9.59 Å². The van der Waals surface area contributed by atoms with Gasteiger partial charge in [0.15, 0.2) is 0 Å². The van der Waals surface area contributed by atoms with Crippen molar-refractivity contribution in [2.45, 2.75) is 26.7 Å². The minimum atomic E-state index is -0.298. The van der Waals surface area contributed by atoms with E-state index in [1.165, 1.54) is 12.8 Å². The highest BCUT2D eigenvalue weighted by Crippen LogP contribution is 2.46. The molecule has 0 aromatic heterocycles. The molecule has 1 saturated carbocycles. The molecule has 0 bridgehead atoms. The Morgan fingerprint density at radius 2 is 1.72 bits per heavy atom. The molecule has 2 aliphatic rings. The number of hydrogen-bond donors (Lipinski definition) is 1. The van der Waals surface area contributed by atoms with Gasteiger partial charge in [-0.05, 0) is 18.8 Å². The predicted molar refractivity (Wildman–Crippen MR) is 68.7 cm³/mol. The minimum absolute atomic E-state index is 0.216. The lowest BCUT2D eigenvalue weighted by Crippen LogP contribution is -2.53. The monoisotopic (exact) mass is 253 g/mol. The molecule has 2 fully saturated rings. The summed E-state index contributed by atoms with van der Waals surface area (Å²) in [5.41, 5.74) is 4.96. The first kappa shape index (κ1) is 13.3. The van der Waals surface area contributed by atoms with Crippen LogP contribution in [-0.4, -0.2) is 54.3 Å². The molecular weight excluding hydrogens is 230 g/mol. The van der Waals surface area contributed by atoms with E-state index in [-0.39, 0.29) is 17.2 Å². The molecule has 2 N–H and O–H groups in total. The Morgan fingerprint density at radius 3 is 2.17 bits per heavy atom. The summed E-state index contributed by atoms with van der Waals surface area (Å²) >= 11 is 0. The smallest absolute Gasteiger partial charge is 0.231 e. The van der Waals surface area contributed by atoms with Gasteiger partial charge in [-0.15, -0.1) is 0 Å². The number of piperazine rings is 1. The molecule has 2 rings (SSSR count). The number of nitrogens with zero attached hydrogens (tertiary/aromatic N) is 2. The highest BCUT2D eigenvalue weighted by molar-refractivity contribution is 5.83. The van der Waals surface area contributed by atoms with Crippen LogP contribution < -0.4 is 5.73 Å². The summed E-state index contributed by atoms with van der Waals surface area (Å²) in [4.78, 5) is 27.2. The first-order valence-electron chi connectivity index (χ1n) is 6.71. The van der Waals surface area contributed by atoms with Crippen LogP contribution in [0.2, 0.25) is 0 Å². The lowest BCUT2D eigenvalue weighted by Gasteiger charge is -2.38. The van der Waals surface area contributed by atoms with E-state index in [0.29, 0.717) is 25.6 Å². The molecule has 18 heavy (non-hydrogen) atoms. The number of amides is 2. The van der Waals surface area contributed by atoms with E-state index >= 15 is 0 Å². The van der Waals surface area contributed by atoms with Gasteiger partial charge < -0.3 is 10.6 Å². The maximum Gasteiger partial charge on any atom is 0.231 e. The van der Waals surface area contributed by atoms with E-state index in [9.17, 15) is 9.59 Å². The van der Waals surface area contributed by atoms with Crippen LogP contribution in [0.1, 0.15) is 26.7 Å². The third kappa shape index (κ3) is 2.83. The van der Waals surface area contributed by atoms with Crippen LogP contribution in [0.25, 0.3) is 0 Å². The van der Waals surface area contributed by atoms with E-state index in [0.717, 1.165) is 13.1 Å². The third-order valence-electron chi connectivity index (χ3n) is 4.19. The first-order valence-corrected chi connectivity index (χ1v) is 6.71. The van der Waals surface area contributed by atoms with Crippen molar-refractivity contribution in [1.29, 1.82) is 0 Å². The highest BCUT2D eigenvalue weighted by Gasteiger charge is 2.45. The zero-order valence-corrected chi connectivity index (χ0v) is 11.3. The molecule has 0 unspecified atom stereocenters. The number of hydrogen-bond acceptors (Lipinski definition) is 3. The van der Waals surface area contributed by atoms with Crippen molar-refractivity contribution >= 4 is 11.8 Å². The predicted octanol–water partition coefficient (Wildman–Crippen LogP) is 0.0521. The van der Waals surface area contributed by atoms with Crippen LogP contribution in [0, 0.1) is 11.3 Å². The normalized spacial score (nSPS) is 22.0. The molecule has 1 aliphatic carbocycles. The van der Waals surface area contributed by atoms with E-state index in [1.54, 1.807) is 0 Å². The molecule has 1 aliphatic heterocycles. The molecule has 1 heterocycles. The average Bonchev–Trinajstić information content (AvgIpc) is 3.12. The SMILES string of the molecule is CC(C)(C(=O)N1CCN(CC(N)=O)CC1)C1CC1. The lowest BCUT2D eigenvalue weighted by atomic mass is 9.85. The van der Waals surface area contributed by atoms with Crippen LogP contribution in [0.4, 0.5) is 0 Å². The minimum Gasteiger partial charge on any atom is -0.369 e. The number of primary amides is 1. The number of nitrogens with two attached hydrogens (primary N) is 1. The summed E-state index contributed by atoms with van der Waals surface area (Å²) in [6.45, 7) is 7.33. The molecule has 2 amide bonds. The zero-order valence-electron chi connectivity index (χ0n) is 11.3. The van der Waals surface area contributed by atoms with Crippen molar-refractivity contribution < 1.29 is 9.59 Å². The Labute approximate surface area is 108 Å². The Hall–Kier alpha value is -1.10. The molecule has 5 nitrogen and oxygen atoms in total. The molecule has 1 saturated heterocycles. The van der Waals surface area contributed by atoms with Gasteiger partial charge in [0.2, 0.25) is 11.8 Å². The third-order valence-corrected chi connectivity index (χ3v) is 4.19. The quantitative estimate of drug-likeness (QED) is 0.770. The lowest BCUT2D eigenvalue weighted by molar-refractivity contribution is -0.143.